The molecule has 0 spiro atoms. The average molecular weight is 349 g/mol. The van der Waals surface area contributed by atoms with Crippen molar-refractivity contribution in [2.24, 2.45) is 0 Å². The monoisotopic (exact) mass is 349 g/mol. The van der Waals surface area contributed by atoms with Crippen molar-refractivity contribution < 1.29 is 18.7 Å². The SMILES string of the molecule is O=C(OCC(=O)N(Cc1ccccc1)Cc1ccccc1)c1ccco1. The summed E-state index contributed by atoms with van der Waals surface area (Å²) in [6.45, 7) is 0.541. The first-order valence-electron chi connectivity index (χ1n) is 8.28. The van der Waals surface area contributed by atoms with Gasteiger partial charge in [-0.15, -0.1) is 0 Å². The van der Waals surface area contributed by atoms with Crippen LogP contribution in [0, 0.1) is 0 Å². The number of nitrogens with zero attached hydrogens (tertiary/aromatic N) is 1. The van der Waals surface area contributed by atoms with E-state index in [9.17, 15) is 9.59 Å². The largest absolute Gasteiger partial charge is 0.457 e. The fourth-order valence-electron chi connectivity index (χ4n) is 2.52. The van der Waals surface area contributed by atoms with Crippen LogP contribution in [0.4, 0.5) is 0 Å². The topological polar surface area (TPSA) is 59.8 Å². The van der Waals surface area contributed by atoms with Crippen LogP contribution in [0.5, 0.6) is 0 Å². The number of esters is 1. The predicted octanol–water partition coefficient (Wildman–Crippen LogP) is 3.67. The number of carbonyl (C=O) groups is 2. The second-order valence-corrected chi connectivity index (χ2v) is 5.77. The Hall–Kier alpha value is -3.34. The third kappa shape index (κ3) is 4.83. The summed E-state index contributed by atoms with van der Waals surface area (Å²) in [5.74, 6) is -0.837. The minimum Gasteiger partial charge on any atom is -0.457 e. The Balaban J connectivity index is 1.67. The lowest BCUT2D eigenvalue weighted by atomic mass is 10.1. The van der Waals surface area contributed by atoms with Crippen LogP contribution in [-0.4, -0.2) is 23.4 Å². The van der Waals surface area contributed by atoms with Crippen LogP contribution in [0.15, 0.2) is 83.5 Å². The van der Waals surface area contributed by atoms with Gasteiger partial charge in [-0.05, 0) is 23.3 Å². The molecule has 0 saturated heterocycles. The van der Waals surface area contributed by atoms with Gasteiger partial charge in [-0.1, -0.05) is 60.7 Å². The highest BCUT2D eigenvalue weighted by Gasteiger charge is 2.18. The summed E-state index contributed by atoms with van der Waals surface area (Å²) in [7, 11) is 0. The molecule has 0 aliphatic carbocycles. The standard InChI is InChI=1S/C21H19NO4/c23-20(16-26-21(24)19-12-7-13-25-19)22(14-17-8-3-1-4-9-17)15-18-10-5-2-6-11-18/h1-13H,14-16H2. The maximum Gasteiger partial charge on any atom is 0.374 e. The number of hydrogen-bond acceptors (Lipinski definition) is 4. The van der Waals surface area contributed by atoms with Gasteiger partial charge in [0, 0.05) is 13.1 Å². The van der Waals surface area contributed by atoms with E-state index in [1.165, 1.54) is 12.3 Å². The second-order valence-electron chi connectivity index (χ2n) is 5.77. The van der Waals surface area contributed by atoms with Gasteiger partial charge in [-0.3, -0.25) is 4.79 Å². The highest BCUT2D eigenvalue weighted by molar-refractivity contribution is 5.88. The maximum atomic E-state index is 12.6. The van der Waals surface area contributed by atoms with Gasteiger partial charge < -0.3 is 14.1 Å². The van der Waals surface area contributed by atoms with Crippen molar-refractivity contribution in [2.75, 3.05) is 6.61 Å². The molecular formula is C21H19NO4. The minimum absolute atomic E-state index is 0.0791. The van der Waals surface area contributed by atoms with Gasteiger partial charge in [0.25, 0.3) is 5.91 Å². The highest BCUT2D eigenvalue weighted by atomic mass is 16.5. The zero-order chi connectivity index (χ0) is 18.2. The Bertz CT molecular complexity index is 787. The Morgan fingerprint density at radius 1 is 0.808 bits per heavy atom. The third-order valence-corrected chi connectivity index (χ3v) is 3.83. The number of ether oxygens (including phenoxy) is 1. The summed E-state index contributed by atoms with van der Waals surface area (Å²) < 4.78 is 10.1. The molecule has 1 amide bonds. The molecule has 3 rings (SSSR count). The highest BCUT2D eigenvalue weighted by Crippen LogP contribution is 2.11. The molecular weight excluding hydrogens is 330 g/mol. The van der Waals surface area contributed by atoms with Crippen molar-refractivity contribution in [1.82, 2.24) is 4.90 Å². The fourth-order valence-corrected chi connectivity index (χ4v) is 2.52. The number of rotatable bonds is 7. The molecule has 0 radical (unpaired) electrons. The summed E-state index contributed by atoms with van der Waals surface area (Å²) in [5, 5.41) is 0. The normalized spacial score (nSPS) is 10.3. The molecule has 26 heavy (non-hydrogen) atoms. The molecule has 0 bridgehead atoms. The van der Waals surface area contributed by atoms with Crippen molar-refractivity contribution in [3.05, 3.63) is 95.9 Å². The smallest absolute Gasteiger partial charge is 0.374 e. The number of benzene rings is 2. The number of furan rings is 1. The molecule has 2 aromatic carbocycles. The zero-order valence-corrected chi connectivity index (χ0v) is 14.2. The molecule has 1 aromatic heterocycles. The molecule has 0 fully saturated rings. The van der Waals surface area contributed by atoms with Crippen LogP contribution in [-0.2, 0) is 22.6 Å². The van der Waals surface area contributed by atoms with Crippen LogP contribution in [0.3, 0.4) is 0 Å². The van der Waals surface area contributed by atoms with E-state index in [0.717, 1.165) is 11.1 Å². The first-order valence-corrected chi connectivity index (χ1v) is 8.28. The molecule has 1 heterocycles. The summed E-state index contributed by atoms with van der Waals surface area (Å²) in [6, 6.07) is 22.5. The van der Waals surface area contributed by atoms with Crippen LogP contribution in [0.1, 0.15) is 21.7 Å². The van der Waals surface area contributed by atoms with Gasteiger partial charge in [-0.25, -0.2) is 4.79 Å². The Morgan fingerprint density at radius 2 is 1.38 bits per heavy atom. The molecule has 0 aliphatic heterocycles. The van der Waals surface area contributed by atoms with E-state index in [1.807, 2.05) is 60.7 Å². The van der Waals surface area contributed by atoms with Crippen LogP contribution in [0.2, 0.25) is 0 Å². The van der Waals surface area contributed by atoms with E-state index >= 15 is 0 Å². The summed E-state index contributed by atoms with van der Waals surface area (Å²) in [6.07, 6.45) is 1.38. The van der Waals surface area contributed by atoms with E-state index in [1.54, 1.807) is 11.0 Å². The van der Waals surface area contributed by atoms with E-state index < -0.39 is 5.97 Å². The molecule has 5 nitrogen and oxygen atoms in total. The summed E-state index contributed by atoms with van der Waals surface area (Å²) >= 11 is 0. The first kappa shape index (κ1) is 17.5. The number of hydrogen-bond donors (Lipinski definition) is 0. The van der Waals surface area contributed by atoms with Gasteiger partial charge in [0.1, 0.15) is 0 Å². The van der Waals surface area contributed by atoms with Crippen molar-refractivity contribution >= 4 is 11.9 Å². The minimum atomic E-state index is -0.650. The lowest BCUT2D eigenvalue weighted by molar-refractivity contribution is -0.135. The Morgan fingerprint density at radius 3 is 1.88 bits per heavy atom. The predicted molar refractivity (Wildman–Crippen MR) is 96.1 cm³/mol. The maximum absolute atomic E-state index is 12.6. The molecule has 0 atom stereocenters. The molecule has 132 valence electrons. The van der Waals surface area contributed by atoms with Crippen LogP contribution in [0.25, 0.3) is 0 Å². The van der Waals surface area contributed by atoms with Crippen molar-refractivity contribution in [2.45, 2.75) is 13.1 Å². The molecule has 5 heteroatoms. The van der Waals surface area contributed by atoms with E-state index in [4.69, 9.17) is 9.15 Å². The molecule has 3 aromatic rings. The van der Waals surface area contributed by atoms with Gasteiger partial charge in [0.2, 0.25) is 5.76 Å². The lowest BCUT2D eigenvalue weighted by Crippen LogP contribution is -2.33. The van der Waals surface area contributed by atoms with E-state index in [-0.39, 0.29) is 18.3 Å². The van der Waals surface area contributed by atoms with Gasteiger partial charge in [-0.2, -0.15) is 0 Å². The van der Waals surface area contributed by atoms with Gasteiger partial charge >= 0.3 is 5.97 Å². The first-order chi connectivity index (χ1) is 12.7. The third-order valence-electron chi connectivity index (χ3n) is 3.83. The number of amides is 1. The summed E-state index contributed by atoms with van der Waals surface area (Å²) in [5.41, 5.74) is 2.02. The van der Waals surface area contributed by atoms with Gasteiger partial charge in [0.05, 0.1) is 6.26 Å². The molecule has 0 N–H and O–H groups in total. The molecule has 0 saturated carbocycles. The number of carbonyl (C=O) groups excluding carboxylic acids is 2. The quantitative estimate of drug-likeness (QED) is 0.611. The van der Waals surface area contributed by atoms with Crippen molar-refractivity contribution in [1.29, 1.82) is 0 Å². The zero-order valence-electron chi connectivity index (χ0n) is 14.2. The summed E-state index contributed by atoms with van der Waals surface area (Å²) in [4.78, 5) is 26.2. The molecule has 0 unspecified atom stereocenters. The van der Waals surface area contributed by atoms with Crippen molar-refractivity contribution in [3.63, 3.8) is 0 Å². The van der Waals surface area contributed by atoms with Crippen LogP contribution >= 0.6 is 0 Å². The van der Waals surface area contributed by atoms with Crippen LogP contribution < -0.4 is 0 Å². The Kier molecular flexibility index (Phi) is 5.83. The van der Waals surface area contributed by atoms with E-state index in [0.29, 0.717) is 13.1 Å². The second kappa shape index (κ2) is 8.67. The van der Waals surface area contributed by atoms with Gasteiger partial charge in [0.15, 0.2) is 6.61 Å². The fraction of sp³-hybridized carbons (Fsp3) is 0.143. The Labute approximate surface area is 151 Å². The average Bonchev–Trinajstić information content (AvgIpc) is 3.22. The van der Waals surface area contributed by atoms with Crippen molar-refractivity contribution in [3.8, 4) is 0 Å². The van der Waals surface area contributed by atoms with E-state index in [2.05, 4.69) is 0 Å². The molecule has 0 aliphatic rings. The lowest BCUT2D eigenvalue weighted by Gasteiger charge is -2.23.